The summed E-state index contributed by atoms with van der Waals surface area (Å²) in [7, 11) is 9.11. The van der Waals surface area contributed by atoms with E-state index in [4.69, 9.17) is 29.2 Å². The van der Waals surface area contributed by atoms with E-state index in [1.807, 2.05) is 54.6 Å². The molecule has 7 heteroatoms. The largest absolute Gasteiger partial charge is 0.497 e. The number of nitrogens with zero attached hydrogens (tertiary/aromatic N) is 3. The Bertz CT molecular complexity index is 1460. The highest BCUT2D eigenvalue weighted by atomic mass is 16.6. The number of hydrogen-bond donors (Lipinski definition) is 0. The fourth-order valence-electron chi connectivity index (χ4n) is 4.68. The summed E-state index contributed by atoms with van der Waals surface area (Å²) in [5.74, 6) is 2.31. The van der Waals surface area contributed by atoms with E-state index in [2.05, 4.69) is 25.1 Å². The Morgan fingerprint density at radius 3 is 2.14 bits per heavy atom. The zero-order valence-electron chi connectivity index (χ0n) is 21.9. The molecular formula is C30H31N3O4. The predicted molar refractivity (Wildman–Crippen MR) is 147 cm³/mol. The predicted octanol–water partition coefficient (Wildman–Crippen LogP) is 5.63. The summed E-state index contributed by atoms with van der Waals surface area (Å²) < 4.78 is 16.5. The molecule has 1 heterocycles. The zero-order valence-corrected chi connectivity index (χ0v) is 21.9. The molecule has 7 nitrogen and oxygen atoms in total. The van der Waals surface area contributed by atoms with E-state index >= 15 is 0 Å². The minimum absolute atomic E-state index is 0.522. The fraction of sp³-hybridized carbons (Fsp3) is 0.267. The Kier molecular flexibility index (Phi) is 6.97. The number of benzene rings is 3. The number of methoxy groups -OCH3 is 3. The molecule has 0 atom stereocenters. The highest BCUT2D eigenvalue weighted by molar-refractivity contribution is 6.31. The van der Waals surface area contributed by atoms with Gasteiger partial charge in [0.05, 0.1) is 32.5 Å². The van der Waals surface area contributed by atoms with E-state index < -0.39 is 0 Å². The summed E-state index contributed by atoms with van der Waals surface area (Å²) in [6.45, 7) is 1.45. The van der Waals surface area contributed by atoms with Gasteiger partial charge >= 0.3 is 0 Å². The van der Waals surface area contributed by atoms with Gasteiger partial charge in [0.2, 0.25) is 0 Å². The van der Waals surface area contributed by atoms with Crippen LogP contribution in [0, 0.1) is 0 Å². The van der Waals surface area contributed by atoms with Crippen LogP contribution >= 0.6 is 0 Å². The maximum Gasteiger partial charge on any atom is 0.119 e. The van der Waals surface area contributed by atoms with Crippen molar-refractivity contribution in [1.29, 1.82) is 0 Å². The van der Waals surface area contributed by atoms with Gasteiger partial charge in [-0.25, -0.2) is 4.98 Å². The van der Waals surface area contributed by atoms with Crippen LogP contribution in [-0.2, 0) is 4.84 Å². The quantitative estimate of drug-likeness (QED) is 0.194. The zero-order chi connectivity index (χ0) is 25.9. The van der Waals surface area contributed by atoms with Crippen LogP contribution in [0.5, 0.6) is 17.2 Å². The lowest BCUT2D eigenvalue weighted by Crippen LogP contribution is -2.14. The van der Waals surface area contributed by atoms with Crippen molar-refractivity contribution < 1.29 is 19.0 Å². The van der Waals surface area contributed by atoms with E-state index in [0.29, 0.717) is 6.61 Å². The van der Waals surface area contributed by atoms with E-state index in [1.54, 1.807) is 21.3 Å². The van der Waals surface area contributed by atoms with Gasteiger partial charge in [-0.2, -0.15) is 0 Å². The highest BCUT2D eigenvalue weighted by Gasteiger charge is 2.32. The van der Waals surface area contributed by atoms with Crippen LogP contribution < -0.4 is 14.2 Å². The Morgan fingerprint density at radius 2 is 1.43 bits per heavy atom. The molecule has 3 aromatic carbocycles. The van der Waals surface area contributed by atoms with Crippen LogP contribution in [-0.4, -0.2) is 64.2 Å². The smallest absolute Gasteiger partial charge is 0.119 e. The van der Waals surface area contributed by atoms with E-state index in [9.17, 15) is 0 Å². The first-order chi connectivity index (χ1) is 18.0. The molecule has 0 bridgehead atoms. The van der Waals surface area contributed by atoms with Crippen molar-refractivity contribution in [2.24, 2.45) is 5.16 Å². The van der Waals surface area contributed by atoms with Crippen LogP contribution in [0.25, 0.3) is 33.3 Å². The lowest BCUT2D eigenvalue weighted by atomic mass is 9.96. The number of hydrogen-bond acceptors (Lipinski definition) is 7. The van der Waals surface area contributed by atoms with Crippen LogP contribution in [0.15, 0.2) is 65.8 Å². The van der Waals surface area contributed by atoms with E-state index in [0.717, 1.165) is 80.3 Å². The van der Waals surface area contributed by atoms with Crippen LogP contribution in [0.1, 0.15) is 17.5 Å². The second-order valence-electron chi connectivity index (χ2n) is 9.16. The van der Waals surface area contributed by atoms with E-state index in [1.165, 1.54) is 0 Å². The van der Waals surface area contributed by atoms with Crippen molar-refractivity contribution in [3.63, 3.8) is 0 Å². The monoisotopic (exact) mass is 497 g/mol. The minimum atomic E-state index is 0.522. The molecule has 0 unspecified atom stereocenters. The molecule has 1 aliphatic rings. The summed E-state index contributed by atoms with van der Waals surface area (Å²) in [6.07, 6.45) is 0.879. The minimum Gasteiger partial charge on any atom is -0.497 e. The lowest BCUT2D eigenvalue weighted by molar-refractivity contribution is 0.135. The van der Waals surface area contributed by atoms with Gasteiger partial charge in [-0.3, -0.25) is 0 Å². The third-order valence-corrected chi connectivity index (χ3v) is 6.54. The molecular weight excluding hydrogens is 466 g/mol. The van der Waals surface area contributed by atoms with Crippen molar-refractivity contribution in [1.82, 2.24) is 9.88 Å². The van der Waals surface area contributed by atoms with Gasteiger partial charge in [0.25, 0.3) is 0 Å². The molecule has 37 heavy (non-hydrogen) atoms. The molecule has 4 aromatic rings. The SMILES string of the molecule is COc1ccc(-c2nc3ccc(OC)cc3c3c2-c2ccc(OC)cc2/C3=N\OCCCN(C)C)cc1. The first-order valence-corrected chi connectivity index (χ1v) is 12.2. The number of aromatic nitrogens is 1. The maximum absolute atomic E-state index is 5.89. The average molecular weight is 498 g/mol. The Balaban J connectivity index is 1.75. The Labute approximate surface area is 217 Å². The molecule has 1 aromatic heterocycles. The van der Waals surface area contributed by atoms with Gasteiger partial charge in [0.1, 0.15) is 29.6 Å². The van der Waals surface area contributed by atoms with Crippen molar-refractivity contribution >= 4 is 16.6 Å². The molecule has 5 rings (SSSR count). The molecule has 1 aliphatic carbocycles. The van der Waals surface area contributed by atoms with Gasteiger partial charge in [-0.1, -0.05) is 5.16 Å². The number of rotatable bonds is 9. The van der Waals surface area contributed by atoms with Gasteiger partial charge in [-0.05, 0) is 86.7 Å². The number of ether oxygens (including phenoxy) is 3. The molecule has 0 N–H and O–H groups in total. The third-order valence-electron chi connectivity index (χ3n) is 6.54. The van der Waals surface area contributed by atoms with Gasteiger partial charge < -0.3 is 23.9 Å². The Morgan fingerprint density at radius 1 is 0.757 bits per heavy atom. The second kappa shape index (κ2) is 10.5. The van der Waals surface area contributed by atoms with Gasteiger partial charge in [-0.15, -0.1) is 0 Å². The molecule has 0 aliphatic heterocycles. The third kappa shape index (κ3) is 4.70. The summed E-state index contributed by atoms with van der Waals surface area (Å²) in [4.78, 5) is 13.1. The highest BCUT2D eigenvalue weighted by Crippen LogP contribution is 2.47. The number of pyridine rings is 1. The summed E-state index contributed by atoms with van der Waals surface area (Å²) in [5, 5.41) is 5.66. The molecule has 0 saturated heterocycles. The average Bonchev–Trinajstić information content (AvgIpc) is 3.25. The second-order valence-corrected chi connectivity index (χ2v) is 9.16. The maximum atomic E-state index is 5.89. The van der Waals surface area contributed by atoms with Crippen LogP contribution in [0.4, 0.5) is 0 Å². The topological polar surface area (TPSA) is 65.4 Å². The van der Waals surface area contributed by atoms with Gasteiger partial charge in [0, 0.05) is 34.2 Å². The molecule has 0 spiro atoms. The standard InChI is InChI=1S/C30H31N3O4/c1-33(2)15-6-16-37-32-30-24-17-21(35-4)11-13-23(24)27-28(30)25-18-22(36-5)12-14-26(25)31-29(27)19-7-9-20(34-3)10-8-19/h7-14,17-18H,6,15-16H2,1-5H3/b32-30+. The van der Waals surface area contributed by atoms with Crippen molar-refractivity contribution in [3.05, 3.63) is 71.8 Å². The lowest BCUT2D eigenvalue weighted by Gasteiger charge is -2.14. The fourth-order valence-corrected chi connectivity index (χ4v) is 4.68. The molecule has 0 saturated carbocycles. The van der Waals surface area contributed by atoms with Crippen LogP contribution in [0.2, 0.25) is 0 Å². The summed E-state index contributed by atoms with van der Waals surface area (Å²) >= 11 is 0. The van der Waals surface area contributed by atoms with Crippen molar-refractivity contribution in [3.8, 4) is 39.6 Å². The first kappa shape index (κ1) is 24.6. The van der Waals surface area contributed by atoms with Crippen molar-refractivity contribution in [2.75, 3.05) is 48.6 Å². The Hall–Kier alpha value is -4.10. The molecule has 0 amide bonds. The first-order valence-electron chi connectivity index (χ1n) is 12.2. The van der Waals surface area contributed by atoms with Gasteiger partial charge in [0.15, 0.2) is 0 Å². The summed E-state index contributed by atoms with van der Waals surface area (Å²) in [6, 6.07) is 20.0. The normalized spacial score (nSPS) is 13.1. The number of oxime groups is 1. The molecule has 0 fully saturated rings. The van der Waals surface area contributed by atoms with Crippen LogP contribution in [0.3, 0.4) is 0 Å². The molecule has 190 valence electrons. The number of fused-ring (bicyclic) bond motifs is 5. The van der Waals surface area contributed by atoms with E-state index in [-0.39, 0.29) is 0 Å². The van der Waals surface area contributed by atoms with Crippen molar-refractivity contribution in [2.45, 2.75) is 6.42 Å². The molecule has 0 radical (unpaired) electrons. The summed E-state index contributed by atoms with van der Waals surface area (Å²) in [5.41, 5.74) is 7.46.